The smallest absolute Gasteiger partial charge is 0.0590 e. The van der Waals surface area contributed by atoms with Crippen LogP contribution in [0, 0.1) is 5.92 Å². The van der Waals surface area contributed by atoms with Crippen molar-refractivity contribution in [1.82, 2.24) is 4.90 Å². The molecular formula is C15H22N2O. The van der Waals surface area contributed by atoms with Gasteiger partial charge < -0.3 is 10.8 Å². The highest BCUT2D eigenvalue weighted by atomic mass is 16.3. The van der Waals surface area contributed by atoms with E-state index in [4.69, 9.17) is 5.73 Å². The van der Waals surface area contributed by atoms with Crippen molar-refractivity contribution >= 4 is 5.69 Å². The fourth-order valence-electron chi connectivity index (χ4n) is 3.44. The summed E-state index contributed by atoms with van der Waals surface area (Å²) in [5, 5.41) is 9.83. The Morgan fingerprint density at radius 2 is 2.17 bits per heavy atom. The molecule has 1 aliphatic heterocycles. The van der Waals surface area contributed by atoms with Crippen LogP contribution >= 0.6 is 0 Å². The van der Waals surface area contributed by atoms with Crippen molar-refractivity contribution in [1.29, 1.82) is 0 Å². The molecule has 0 radical (unpaired) electrons. The van der Waals surface area contributed by atoms with Crippen LogP contribution in [0.25, 0.3) is 0 Å². The van der Waals surface area contributed by atoms with Gasteiger partial charge in [-0.2, -0.15) is 0 Å². The summed E-state index contributed by atoms with van der Waals surface area (Å²) in [6, 6.07) is 6.87. The number of aliphatic hydroxyl groups excluding tert-OH is 1. The van der Waals surface area contributed by atoms with Crippen molar-refractivity contribution in [2.75, 3.05) is 18.8 Å². The molecule has 1 aliphatic carbocycles. The first-order valence-corrected chi connectivity index (χ1v) is 6.95. The third-order valence-corrected chi connectivity index (χ3v) is 4.55. The van der Waals surface area contributed by atoms with Crippen LogP contribution in [0.1, 0.15) is 36.9 Å². The van der Waals surface area contributed by atoms with E-state index in [-0.39, 0.29) is 6.10 Å². The molecule has 0 saturated carbocycles. The van der Waals surface area contributed by atoms with E-state index in [0.717, 1.165) is 31.6 Å². The number of aliphatic hydroxyl groups is 1. The second-order valence-electron chi connectivity index (χ2n) is 5.84. The predicted molar refractivity (Wildman–Crippen MR) is 73.3 cm³/mol. The van der Waals surface area contributed by atoms with Crippen LogP contribution in [0.15, 0.2) is 18.2 Å². The number of aryl methyl sites for hydroxylation is 1. The summed E-state index contributed by atoms with van der Waals surface area (Å²) in [5.41, 5.74) is 9.59. The Labute approximate surface area is 109 Å². The zero-order valence-corrected chi connectivity index (χ0v) is 11.0. The second kappa shape index (κ2) is 4.56. The number of nitrogen functional groups attached to an aromatic ring is 1. The van der Waals surface area contributed by atoms with E-state index in [1.165, 1.54) is 17.5 Å². The van der Waals surface area contributed by atoms with Crippen LogP contribution in [-0.4, -0.2) is 29.2 Å². The fourth-order valence-corrected chi connectivity index (χ4v) is 3.44. The number of rotatable bonds is 1. The van der Waals surface area contributed by atoms with Gasteiger partial charge in [0, 0.05) is 24.8 Å². The van der Waals surface area contributed by atoms with Gasteiger partial charge in [0.25, 0.3) is 0 Å². The summed E-state index contributed by atoms with van der Waals surface area (Å²) in [6.07, 6.45) is 3.12. The Hall–Kier alpha value is -1.06. The minimum Gasteiger partial charge on any atom is -0.399 e. The Balaban J connectivity index is 1.80. The molecule has 0 spiro atoms. The van der Waals surface area contributed by atoms with Crippen molar-refractivity contribution in [2.24, 2.45) is 5.92 Å². The molecule has 1 heterocycles. The summed E-state index contributed by atoms with van der Waals surface area (Å²) in [7, 11) is 0. The lowest BCUT2D eigenvalue weighted by molar-refractivity contribution is 0.0169. The quantitative estimate of drug-likeness (QED) is 0.745. The van der Waals surface area contributed by atoms with Crippen molar-refractivity contribution in [3.05, 3.63) is 29.3 Å². The van der Waals surface area contributed by atoms with Crippen LogP contribution in [0.3, 0.4) is 0 Å². The Morgan fingerprint density at radius 1 is 1.33 bits per heavy atom. The SMILES string of the molecule is CC1CN(C2CCc3cc(N)ccc32)CCC1O. The van der Waals surface area contributed by atoms with Gasteiger partial charge in [-0.1, -0.05) is 13.0 Å². The Morgan fingerprint density at radius 3 is 2.94 bits per heavy atom. The van der Waals surface area contributed by atoms with Gasteiger partial charge in [0.05, 0.1) is 6.10 Å². The number of anilines is 1. The lowest BCUT2D eigenvalue weighted by Gasteiger charge is -2.38. The van der Waals surface area contributed by atoms with Crippen molar-refractivity contribution in [2.45, 2.75) is 38.3 Å². The van der Waals surface area contributed by atoms with E-state index in [1.807, 2.05) is 6.07 Å². The molecule has 1 fully saturated rings. The minimum atomic E-state index is -0.117. The van der Waals surface area contributed by atoms with Crippen LogP contribution in [0.4, 0.5) is 5.69 Å². The molecule has 3 unspecified atom stereocenters. The van der Waals surface area contributed by atoms with Gasteiger partial charge in [-0.25, -0.2) is 0 Å². The normalized spacial score (nSPS) is 32.4. The van der Waals surface area contributed by atoms with Crippen molar-refractivity contribution < 1.29 is 5.11 Å². The van der Waals surface area contributed by atoms with Crippen LogP contribution in [0.5, 0.6) is 0 Å². The van der Waals surface area contributed by atoms with E-state index in [9.17, 15) is 5.11 Å². The van der Waals surface area contributed by atoms with Crippen LogP contribution < -0.4 is 5.73 Å². The van der Waals surface area contributed by atoms with Gasteiger partial charge in [-0.3, -0.25) is 4.90 Å². The summed E-state index contributed by atoms with van der Waals surface area (Å²) in [5.74, 6) is 0.386. The van der Waals surface area contributed by atoms with Gasteiger partial charge in [0.1, 0.15) is 0 Å². The van der Waals surface area contributed by atoms with Crippen LogP contribution in [0.2, 0.25) is 0 Å². The monoisotopic (exact) mass is 246 g/mol. The maximum Gasteiger partial charge on any atom is 0.0590 e. The van der Waals surface area contributed by atoms with Crippen LogP contribution in [-0.2, 0) is 6.42 Å². The van der Waals surface area contributed by atoms with E-state index < -0.39 is 0 Å². The molecule has 3 N–H and O–H groups in total. The lowest BCUT2D eigenvalue weighted by Crippen LogP contribution is -2.43. The van der Waals surface area contributed by atoms with E-state index in [2.05, 4.69) is 24.0 Å². The molecule has 1 saturated heterocycles. The number of nitrogens with two attached hydrogens (primary N) is 1. The molecular weight excluding hydrogens is 224 g/mol. The Kier molecular flexibility index (Phi) is 3.04. The number of piperidine rings is 1. The largest absolute Gasteiger partial charge is 0.399 e. The molecule has 18 heavy (non-hydrogen) atoms. The average Bonchev–Trinajstić information content (AvgIpc) is 2.75. The second-order valence-corrected chi connectivity index (χ2v) is 5.84. The molecule has 98 valence electrons. The number of benzene rings is 1. The highest BCUT2D eigenvalue weighted by molar-refractivity contribution is 5.47. The molecule has 3 nitrogen and oxygen atoms in total. The molecule has 1 aromatic carbocycles. The molecule has 1 aromatic rings. The number of hydrogen-bond acceptors (Lipinski definition) is 3. The number of hydrogen-bond donors (Lipinski definition) is 2. The first kappa shape index (κ1) is 12.0. The van der Waals surface area contributed by atoms with E-state index in [0.29, 0.717) is 12.0 Å². The first-order chi connectivity index (χ1) is 8.65. The lowest BCUT2D eigenvalue weighted by atomic mass is 9.94. The summed E-state index contributed by atoms with van der Waals surface area (Å²) >= 11 is 0. The molecule has 0 amide bonds. The van der Waals surface area contributed by atoms with Gasteiger partial charge >= 0.3 is 0 Å². The van der Waals surface area contributed by atoms with Gasteiger partial charge in [-0.05, 0) is 48.4 Å². The number of likely N-dealkylation sites (tertiary alicyclic amines) is 1. The van der Waals surface area contributed by atoms with Gasteiger partial charge in [0.2, 0.25) is 0 Å². The topological polar surface area (TPSA) is 49.5 Å². The zero-order chi connectivity index (χ0) is 12.7. The van der Waals surface area contributed by atoms with E-state index in [1.54, 1.807) is 0 Å². The summed E-state index contributed by atoms with van der Waals surface area (Å²) in [4.78, 5) is 2.54. The standard InChI is InChI=1S/C15H22N2O/c1-10-9-17(7-6-15(10)18)14-5-2-11-8-12(16)3-4-13(11)14/h3-4,8,10,14-15,18H,2,5-7,9,16H2,1H3. The van der Waals surface area contributed by atoms with Gasteiger partial charge in [-0.15, -0.1) is 0 Å². The highest BCUT2D eigenvalue weighted by Crippen LogP contribution is 2.38. The molecule has 3 atom stereocenters. The maximum absolute atomic E-state index is 9.83. The van der Waals surface area contributed by atoms with Crippen molar-refractivity contribution in [3.63, 3.8) is 0 Å². The summed E-state index contributed by atoms with van der Waals surface area (Å²) in [6.45, 7) is 4.17. The average molecular weight is 246 g/mol. The molecule has 0 bridgehead atoms. The molecule has 3 rings (SSSR count). The number of fused-ring (bicyclic) bond motifs is 1. The number of nitrogens with zero attached hydrogens (tertiary/aromatic N) is 1. The fraction of sp³-hybridized carbons (Fsp3) is 0.600. The van der Waals surface area contributed by atoms with E-state index >= 15 is 0 Å². The van der Waals surface area contributed by atoms with Gasteiger partial charge in [0.15, 0.2) is 0 Å². The first-order valence-electron chi connectivity index (χ1n) is 6.95. The third-order valence-electron chi connectivity index (χ3n) is 4.55. The minimum absolute atomic E-state index is 0.117. The Bertz CT molecular complexity index is 446. The molecule has 3 heteroatoms. The third kappa shape index (κ3) is 2.02. The molecule has 0 aromatic heterocycles. The maximum atomic E-state index is 9.83. The molecule has 2 aliphatic rings. The summed E-state index contributed by atoms with van der Waals surface area (Å²) < 4.78 is 0. The van der Waals surface area contributed by atoms with Crippen molar-refractivity contribution in [3.8, 4) is 0 Å². The zero-order valence-electron chi connectivity index (χ0n) is 11.0. The predicted octanol–water partition coefficient (Wildman–Crippen LogP) is 1.96. The highest BCUT2D eigenvalue weighted by Gasteiger charge is 2.33.